The molecule has 1 aromatic heterocycles. The summed E-state index contributed by atoms with van der Waals surface area (Å²) in [6.07, 6.45) is 0.819. The second kappa shape index (κ2) is 7.55. The molecule has 2 aromatic rings. The number of nitrogens with zero attached hydrogens (tertiary/aromatic N) is 1. The summed E-state index contributed by atoms with van der Waals surface area (Å²) in [6.45, 7) is 4.16. The van der Waals surface area contributed by atoms with Crippen LogP contribution in [0.1, 0.15) is 25.0 Å². The van der Waals surface area contributed by atoms with E-state index in [-0.39, 0.29) is 12.0 Å². The summed E-state index contributed by atoms with van der Waals surface area (Å²) >= 11 is 8.27. The molecular weight excluding hydrogens is 360 g/mol. The average molecular weight is 379 g/mol. The number of fused-ring (bicyclic) bond motifs is 1. The number of benzene rings is 1. The second-order valence-corrected chi connectivity index (χ2v) is 8.26. The van der Waals surface area contributed by atoms with Crippen molar-refractivity contribution < 1.29 is 9.53 Å². The van der Waals surface area contributed by atoms with Gasteiger partial charge in [-0.15, -0.1) is 11.3 Å². The van der Waals surface area contributed by atoms with Gasteiger partial charge in [-0.05, 0) is 47.8 Å². The molecule has 1 atom stereocenters. The van der Waals surface area contributed by atoms with Crippen molar-refractivity contribution in [2.75, 3.05) is 5.32 Å². The smallest absolute Gasteiger partial charge is 0.261 e. The second-order valence-electron chi connectivity index (χ2n) is 5.62. The van der Waals surface area contributed by atoms with Crippen LogP contribution in [0.2, 0.25) is 0 Å². The Morgan fingerprint density at radius 2 is 2.33 bits per heavy atom. The van der Waals surface area contributed by atoms with Crippen molar-refractivity contribution in [2.45, 2.75) is 37.1 Å². The maximum absolute atomic E-state index is 12.0. The summed E-state index contributed by atoms with van der Waals surface area (Å²) in [5.74, 6) is 0.0411. The first-order chi connectivity index (χ1) is 11.5. The van der Waals surface area contributed by atoms with Crippen molar-refractivity contribution in [3.05, 3.63) is 46.8 Å². The zero-order chi connectivity index (χ0) is 17.1. The van der Waals surface area contributed by atoms with E-state index in [4.69, 9.17) is 17.0 Å². The summed E-state index contributed by atoms with van der Waals surface area (Å²) in [5.41, 5.74) is 3.23. The lowest BCUT2D eigenvalue weighted by molar-refractivity contribution is -0.124. The van der Waals surface area contributed by atoms with Gasteiger partial charge in [-0.2, -0.15) is 0 Å². The first kappa shape index (κ1) is 17.3. The van der Waals surface area contributed by atoms with Crippen LogP contribution in [0.4, 0.5) is 5.69 Å². The number of amides is 1. The van der Waals surface area contributed by atoms with Gasteiger partial charge in [-0.3, -0.25) is 9.10 Å². The van der Waals surface area contributed by atoms with Gasteiger partial charge in [0.15, 0.2) is 0 Å². The molecule has 1 unspecified atom stereocenters. The minimum atomic E-state index is 0.0332. The SMILES string of the molecule is CC(=O)N(Cc1ccc2c(c1)CC(C)OC(=S)N2)Sc1cccs1. The quantitative estimate of drug-likeness (QED) is 0.628. The average Bonchev–Trinajstić information content (AvgIpc) is 2.96. The van der Waals surface area contributed by atoms with Gasteiger partial charge < -0.3 is 10.1 Å². The van der Waals surface area contributed by atoms with Crippen LogP contribution in [0, 0.1) is 0 Å². The number of nitrogens with one attached hydrogen (secondary N) is 1. The normalized spacial score (nSPS) is 16.6. The Kier molecular flexibility index (Phi) is 5.43. The number of thiocarbonyl (C=S) groups is 1. The van der Waals surface area contributed by atoms with Gasteiger partial charge in [0.05, 0.1) is 10.8 Å². The van der Waals surface area contributed by atoms with Crippen molar-refractivity contribution in [1.29, 1.82) is 0 Å². The summed E-state index contributed by atoms with van der Waals surface area (Å²) in [7, 11) is 0. The summed E-state index contributed by atoms with van der Waals surface area (Å²) in [6, 6.07) is 10.2. The first-order valence-corrected chi connectivity index (χ1v) is 9.66. The number of anilines is 1. The predicted molar refractivity (Wildman–Crippen MR) is 103 cm³/mol. The third-order valence-corrected chi connectivity index (χ3v) is 5.89. The van der Waals surface area contributed by atoms with Crippen LogP contribution >= 0.6 is 35.5 Å². The number of hydrogen-bond donors (Lipinski definition) is 1. The number of ether oxygens (including phenoxy) is 1. The fourth-order valence-electron chi connectivity index (χ4n) is 2.51. The van der Waals surface area contributed by atoms with Crippen LogP contribution in [0.15, 0.2) is 39.9 Å². The Morgan fingerprint density at radius 3 is 3.04 bits per heavy atom. The monoisotopic (exact) mass is 378 g/mol. The summed E-state index contributed by atoms with van der Waals surface area (Å²) < 4.78 is 8.46. The largest absolute Gasteiger partial charge is 0.467 e. The van der Waals surface area contributed by atoms with E-state index in [9.17, 15) is 4.79 Å². The van der Waals surface area contributed by atoms with Gasteiger partial charge in [0, 0.05) is 31.0 Å². The number of thiophene rings is 1. The van der Waals surface area contributed by atoms with E-state index in [1.54, 1.807) is 22.6 Å². The fourth-order valence-corrected chi connectivity index (χ4v) is 4.54. The molecule has 1 amide bonds. The molecule has 4 nitrogen and oxygen atoms in total. The number of carbonyl (C=O) groups excluding carboxylic acids is 1. The molecule has 0 saturated heterocycles. The van der Waals surface area contributed by atoms with E-state index < -0.39 is 0 Å². The van der Waals surface area contributed by atoms with E-state index in [1.807, 2.05) is 36.6 Å². The molecule has 0 saturated carbocycles. The lowest BCUT2D eigenvalue weighted by atomic mass is 10.0. The third-order valence-electron chi connectivity index (χ3n) is 3.59. The first-order valence-electron chi connectivity index (χ1n) is 7.60. The predicted octanol–water partition coefficient (Wildman–Crippen LogP) is 4.46. The van der Waals surface area contributed by atoms with Gasteiger partial charge in [-0.1, -0.05) is 18.2 Å². The topological polar surface area (TPSA) is 41.6 Å². The van der Waals surface area contributed by atoms with Crippen molar-refractivity contribution in [3.8, 4) is 0 Å². The highest BCUT2D eigenvalue weighted by Crippen LogP contribution is 2.30. The highest BCUT2D eigenvalue weighted by atomic mass is 32.2. The van der Waals surface area contributed by atoms with E-state index >= 15 is 0 Å². The molecule has 7 heteroatoms. The molecule has 0 bridgehead atoms. The molecule has 1 aliphatic rings. The zero-order valence-electron chi connectivity index (χ0n) is 13.4. The van der Waals surface area contributed by atoms with E-state index in [1.165, 1.54) is 11.9 Å². The summed E-state index contributed by atoms with van der Waals surface area (Å²) in [4.78, 5) is 12.0. The maximum atomic E-state index is 12.0. The van der Waals surface area contributed by atoms with Crippen molar-refractivity contribution >= 4 is 52.3 Å². The van der Waals surface area contributed by atoms with Crippen molar-refractivity contribution in [2.24, 2.45) is 0 Å². The van der Waals surface area contributed by atoms with Crippen molar-refractivity contribution in [3.63, 3.8) is 0 Å². The molecule has 1 N–H and O–H groups in total. The minimum absolute atomic E-state index is 0.0332. The van der Waals surface area contributed by atoms with Gasteiger partial charge in [0.2, 0.25) is 5.91 Å². The molecule has 0 radical (unpaired) electrons. The van der Waals surface area contributed by atoms with Crippen LogP contribution in [0.3, 0.4) is 0 Å². The lowest BCUT2D eigenvalue weighted by Gasteiger charge is -2.19. The van der Waals surface area contributed by atoms with Crippen LogP contribution in [0.5, 0.6) is 0 Å². The Bertz CT molecular complexity index is 746. The van der Waals surface area contributed by atoms with E-state index in [0.717, 1.165) is 27.4 Å². The molecule has 126 valence electrons. The molecule has 24 heavy (non-hydrogen) atoms. The highest BCUT2D eigenvalue weighted by molar-refractivity contribution is 7.99. The van der Waals surface area contributed by atoms with Crippen LogP contribution in [0.25, 0.3) is 0 Å². The maximum Gasteiger partial charge on any atom is 0.261 e. The van der Waals surface area contributed by atoms with Crippen molar-refractivity contribution in [1.82, 2.24) is 4.31 Å². The molecule has 1 aliphatic heterocycles. The molecule has 1 aromatic carbocycles. The van der Waals surface area contributed by atoms with E-state index in [0.29, 0.717) is 11.7 Å². The fraction of sp³-hybridized carbons (Fsp3) is 0.294. The van der Waals surface area contributed by atoms with Gasteiger partial charge in [0.25, 0.3) is 5.17 Å². The number of hydrogen-bond acceptors (Lipinski definition) is 5. The Labute approximate surface area is 155 Å². The standard InChI is InChI=1S/C17H18N2O2S3/c1-11-8-14-9-13(5-6-15(14)18-17(22)21-11)10-19(12(2)20)24-16-4-3-7-23-16/h3-7,9,11H,8,10H2,1-2H3,(H,18,22). The lowest BCUT2D eigenvalue weighted by Crippen LogP contribution is -2.20. The van der Waals surface area contributed by atoms with Gasteiger partial charge >= 0.3 is 0 Å². The van der Waals surface area contributed by atoms with Crippen LogP contribution in [-0.2, 0) is 22.5 Å². The Hall–Kier alpha value is -1.57. The molecule has 0 spiro atoms. The molecule has 0 fully saturated rings. The molecule has 2 heterocycles. The van der Waals surface area contributed by atoms with Crippen LogP contribution in [-0.4, -0.2) is 21.5 Å². The van der Waals surface area contributed by atoms with Crippen LogP contribution < -0.4 is 5.32 Å². The molecule has 3 rings (SSSR count). The van der Waals surface area contributed by atoms with Gasteiger partial charge in [-0.25, -0.2) is 0 Å². The highest BCUT2D eigenvalue weighted by Gasteiger charge is 2.18. The minimum Gasteiger partial charge on any atom is -0.467 e. The zero-order valence-corrected chi connectivity index (χ0v) is 15.9. The van der Waals surface area contributed by atoms with E-state index in [2.05, 4.69) is 11.4 Å². The number of carbonyl (C=O) groups is 1. The Morgan fingerprint density at radius 1 is 1.50 bits per heavy atom. The van der Waals surface area contributed by atoms with Gasteiger partial charge in [0.1, 0.15) is 6.10 Å². The molecular formula is C17H18N2O2S3. The number of rotatable bonds is 4. The summed E-state index contributed by atoms with van der Waals surface area (Å²) in [5, 5.41) is 5.54. The Balaban J connectivity index is 1.79. The third kappa shape index (κ3) is 4.28. The molecule has 0 aliphatic carbocycles.